The lowest BCUT2D eigenvalue weighted by atomic mass is 10.1. The Bertz CT molecular complexity index is 308. The van der Waals surface area contributed by atoms with Crippen molar-refractivity contribution in [3.05, 3.63) is 24.3 Å². The molecular formula is C13H22N2O. The van der Waals surface area contributed by atoms with Crippen LogP contribution in [0.1, 0.15) is 13.8 Å². The van der Waals surface area contributed by atoms with E-state index in [0.717, 1.165) is 18.0 Å². The second-order valence-electron chi connectivity index (χ2n) is 4.49. The molecule has 0 heterocycles. The zero-order chi connectivity index (χ0) is 12.1. The smallest absolute Gasteiger partial charge is 0.119 e. The summed E-state index contributed by atoms with van der Waals surface area (Å²) in [6, 6.07) is 8.23. The molecule has 2 N–H and O–H groups in total. The molecule has 1 rings (SSSR count). The first kappa shape index (κ1) is 12.8. The van der Waals surface area contributed by atoms with Crippen molar-refractivity contribution < 1.29 is 4.74 Å². The summed E-state index contributed by atoms with van der Waals surface area (Å²) in [6.07, 6.45) is 0. The van der Waals surface area contributed by atoms with Crippen LogP contribution in [0, 0.1) is 5.92 Å². The fourth-order valence-corrected chi connectivity index (χ4v) is 1.47. The molecule has 0 saturated carbocycles. The summed E-state index contributed by atoms with van der Waals surface area (Å²) in [4.78, 5) is 2.17. The Labute approximate surface area is 98.2 Å². The number of nitrogens with zero attached hydrogens (tertiary/aromatic N) is 1. The molecule has 0 bridgehead atoms. The predicted octanol–water partition coefficient (Wildman–Crippen LogP) is 2.11. The molecule has 0 aliphatic carbocycles. The Balaban J connectivity index is 2.62. The van der Waals surface area contributed by atoms with Gasteiger partial charge in [0.25, 0.3) is 0 Å². The van der Waals surface area contributed by atoms with Crippen LogP contribution in [0.4, 0.5) is 5.69 Å². The lowest BCUT2D eigenvalue weighted by Gasteiger charge is -2.25. The fraction of sp³-hybridized carbons (Fsp3) is 0.538. The van der Waals surface area contributed by atoms with Crippen LogP contribution >= 0.6 is 0 Å². The first-order valence-corrected chi connectivity index (χ1v) is 5.65. The second kappa shape index (κ2) is 5.75. The predicted molar refractivity (Wildman–Crippen MR) is 69.1 cm³/mol. The molecule has 0 fully saturated rings. The molecule has 1 aromatic rings. The molecule has 3 heteroatoms. The van der Waals surface area contributed by atoms with Crippen LogP contribution in [0.25, 0.3) is 0 Å². The van der Waals surface area contributed by atoms with E-state index < -0.39 is 0 Å². The van der Waals surface area contributed by atoms with Gasteiger partial charge in [0.2, 0.25) is 0 Å². The van der Waals surface area contributed by atoms with Gasteiger partial charge in [-0.3, -0.25) is 0 Å². The minimum Gasteiger partial charge on any atom is -0.497 e. The van der Waals surface area contributed by atoms with Gasteiger partial charge in [0, 0.05) is 25.3 Å². The summed E-state index contributed by atoms with van der Waals surface area (Å²) in [5, 5.41) is 0. The van der Waals surface area contributed by atoms with E-state index in [0.29, 0.717) is 5.92 Å². The van der Waals surface area contributed by atoms with Gasteiger partial charge in [-0.25, -0.2) is 0 Å². The Hall–Kier alpha value is -1.22. The minimum absolute atomic E-state index is 0.201. The molecule has 0 radical (unpaired) electrons. The van der Waals surface area contributed by atoms with Crippen LogP contribution in [0.5, 0.6) is 5.75 Å². The Morgan fingerprint density at radius 1 is 1.25 bits per heavy atom. The van der Waals surface area contributed by atoms with Crippen molar-refractivity contribution in [1.82, 2.24) is 0 Å². The van der Waals surface area contributed by atoms with Crippen LogP contribution < -0.4 is 15.4 Å². The van der Waals surface area contributed by atoms with Gasteiger partial charge in [-0.05, 0) is 30.2 Å². The molecule has 0 aliphatic heterocycles. The van der Waals surface area contributed by atoms with Crippen LogP contribution in [-0.4, -0.2) is 26.7 Å². The van der Waals surface area contributed by atoms with Crippen molar-refractivity contribution >= 4 is 5.69 Å². The third-order valence-corrected chi connectivity index (χ3v) is 2.85. The monoisotopic (exact) mass is 222 g/mol. The summed E-state index contributed by atoms with van der Waals surface area (Å²) in [7, 11) is 3.73. The molecule has 0 aliphatic rings. The van der Waals surface area contributed by atoms with Gasteiger partial charge in [0.15, 0.2) is 0 Å². The first-order chi connectivity index (χ1) is 7.54. The van der Waals surface area contributed by atoms with Crippen LogP contribution in [0.2, 0.25) is 0 Å². The molecule has 3 nitrogen and oxygen atoms in total. The standard InChI is InChI=1S/C13H22N2O/c1-10(2)13(14)9-15(3)11-5-7-12(16-4)8-6-11/h5-8,10,13H,9,14H2,1-4H3. The first-order valence-electron chi connectivity index (χ1n) is 5.65. The highest BCUT2D eigenvalue weighted by Crippen LogP contribution is 2.18. The van der Waals surface area contributed by atoms with Gasteiger partial charge in [0.1, 0.15) is 5.75 Å². The number of likely N-dealkylation sites (N-methyl/N-ethyl adjacent to an activating group) is 1. The quantitative estimate of drug-likeness (QED) is 0.829. The molecule has 90 valence electrons. The molecule has 1 unspecified atom stereocenters. The molecule has 16 heavy (non-hydrogen) atoms. The molecule has 0 saturated heterocycles. The number of nitrogens with two attached hydrogens (primary N) is 1. The molecule has 1 aromatic carbocycles. The van der Waals surface area contributed by atoms with Crippen molar-refractivity contribution in [2.45, 2.75) is 19.9 Å². The SMILES string of the molecule is COc1ccc(N(C)CC(N)C(C)C)cc1. The lowest BCUT2D eigenvalue weighted by molar-refractivity contribution is 0.415. The maximum Gasteiger partial charge on any atom is 0.119 e. The maximum atomic E-state index is 6.04. The van der Waals surface area contributed by atoms with E-state index >= 15 is 0 Å². The van der Waals surface area contributed by atoms with E-state index in [2.05, 4.69) is 25.8 Å². The highest BCUT2D eigenvalue weighted by Gasteiger charge is 2.10. The molecule has 0 spiro atoms. The van der Waals surface area contributed by atoms with Gasteiger partial charge < -0.3 is 15.4 Å². The zero-order valence-corrected chi connectivity index (χ0v) is 10.6. The van der Waals surface area contributed by atoms with Crippen molar-refractivity contribution in [3.8, 4) is 5.75 Å². The highest BCUT2D eigenvalue weighted by molar-refractivity contribution is 5.48. The zero-order valence-electron chi connectivity index (χ0n) is 10.6. The largest absolute Gasteiger partial charge is 0.497 e. The summed E-state index contributed by atoms with van der Waals surface area (Å²) in [6.45, 7) is 5.16. The van der Waals surface area contributed by atoms with Crippen molar-refractivity contribution in [1.29, 1.82) is 0 Å². The van der Waals surface area contributed by atoms with E-state index in [1.807, 2.05) is 24.3 Å². The highest BCUT2D eigenvalue weighted by atomic mass is 16.5. The normalized spacial score (nSPS) is 12.6. The van der Waals surface area contributed by atoms with Crippen LogP contribution in [0.3, 0.4) is 0 Å². The van der Waals surface area contributed by atoms with Gasteiger partial charge in [-0.15, -0.1) is 0 Å². The number of hydrogen-bond acceptors (Lipinski definition) is 3. The Kier molecular flexibility index (Phi) is 4.62. The summed E-state index contributed by atoms with van der Waals surface area (Å²) >= 11 is 0. The maximum absolute atomic E-state index is 6.04. The summed E-state index contributed by atoms with van der Waals surface area (Å²) in [5.41, 5.74) is 7.21. The number of ether oxygens (including phenoxy) is 1. The average molecular weight is 222 g/mol. The molecular weight excluding hydrogens is 200 g/mol. The summed E-state index contributed by atoms with van der Waals surface area (Å²) in [5.74, 6) is 1.38. The lowest BCUT2D eigenvalue weighted by Crippen LogP contribution is -2.38. The Morgan fingerprint density at radius 3 is 2.25 bits per heavy atom. The van der Waals surface area contributed by atoms with Gasteiger partial charge in [0.05, 0.1) is 7.11 Å². The van der Waals surface area contributed by atoms with Crippen LogP contribution in [-0.2, 0) is 0 Å². The second-order valence-corrected chi connectivity index (χ2v) is 4.49. The topological polar surface area (TPSA) is 38.5 Å². The van der Waals surface area contributed by atoms with Gasteiger partial charge in [-0.2, -0.15) is 0 Å². The number of benzene rings is 1. The molecule has 0 amide bonds. The van der Waals surface area contributed by atoms with E-state index in [1.54, 1.807) is 7.11 Å². The van der Waals surface area contributed by atoms with Crippen molar-refractivity contribution in [2.24, 2.45) is 11.7 Å². The van der Waals surface area contributed by atoms with Crippen molar-refractivity contribution in [2.75, 3.05) is 25.6 Å². The number of hydrogen-bond donors (Lipinski definition) is 1. The van der Waals surface area contributed by atoms with E-state index in [4.69, 9.17) is 10.5 Å². The molecule has 1 atom stereocenters. The van der Waals surface area contributed by atoms with E-state index in [9.17, 15) is 0 Å². The third kappa shape index (κ3) is 3.42. The number of methoxy groups -OCH3 is 1. The van der Waals surface area contributed by atoms with Gasteiger partial charge >= 0.3 is 0 Å². The van der Waals surface area contributed by atoms with E-state index in [1.165, 1.54) is 0 Å². The number of rotatable bonds is 5. The average Bonchev–Trinajstić information content (AvgIpc) is 2.28. The summed E-state index contributed by atoms with van der Waals surface area (Å²) < 4.78 is 5.13. The molecule has 0 aromatic heterocycles. The minimum atomic E-state index is 0.201. The van der Waals surface area contributed by atoms with Gasteiger partial charge in [-0.1, -0.05) is 13.8 Å². The van der Waals surface area contributed by atoms with Crippen LogP contribution in [0.15, 0.2) is 24.3 Å². The number of anilines is 1. The third-order valence-electron chi connectivity index (χ3n) is 2.85. The van der Waals surface area contributed by atoms with Crippen molar-refractivity contribution in [3.63, 3.8) is 0 Å². The van der Waals surface area contributed by atoms with E-state index in [-0.39, 0.29) is 6.04 Å². The Morgan fingerprint density at radius 2 is 1.81 bits per heavy atom. The fourth-order valence-electron chi connectivity index (χ4n) is 1.47.